The van der Waals surface area contributed by atoms with E-state index in [1.807, 2.05) is 0 Å². The average molecular weight is 294 g/mol. The van der Waals surface area contributed by atoms with E-state index in [1.54, 1.807) is 18.3 Å². The van der Waals surface area contributed by atoms with Crippen LogP contribution >= 0.6 is 23.2 Å². The normalized spacial score (nSPS) is 10.9. The second-order valence-electron chi connectivity index (χ2n) is 3.83. The van der Waals surface area contributed by atoms with Crippen LogP contribution in [-0.4, -0.2) is 15.0 Å². The third kappa shape index (κ3) is 2.25. The first-order valence-corrected chi connectivity index (χ1v) is 6.14. The Hall–Kier alpha value is -1.78. The van der Waals surface area contributed by atoms with Crippen LogP contribution in [0.3, 0.4) is 0 Å². The molecule has 2 heterocycles. The van der Waals surface area contributed by atoms with Gasteiger partial charge in [-0.05, 0) is 30.3 Å². The number of hydrogen-bond donors (Lipinski definition) is 0. The molecule has 0 saturated heterocycles. The summed E-state index contributed by atoms with van der Waals surface area (Å²) >= 11 is 11.9. The summed E-state index contributed by atoms with van der Waals surface area (Å²) in [6.07, 6.45) is 1.59. The molecule has 0 saturated carbocycles. The molecule has 0 radical (unpaired) electrons. The van der Waals surface area contributed by atoms with Crippen molar-refractivity contribution in [1.29, 1.82) is 0 Å². The fourth-order valence-electron chi connectivity index (χ4n) is 1.72. The van der Waals surface area contributed by atoms with Crippen molar-refractivity contribution in [2.24, 2.45) is 0 Å². The van der Waals surface area contributed by atoms with Crippen LogP contribution in [-0.2, 0) is 0 Å². The van der Waals surface area contributed by atoms with Crippen molar-refractivity contribution >= 4 is 34.2 Å². The van der Waals surface area contributed by atoms with Gasteiger partial charge in [0.2, 0.25) is 0 Å². The lowest BCUT2D eigenvalue weighted by Gasteiger charge is -2.05. The van der Waals surface area contributed by atoms with E-state index in [0.717, 1.165) is 0 Å². The third-order valence-electron chi connectivity index (χ3n) is 2.58. The van der Waals surface area contributed by atoms with Gasteiger partial charge in [-0.1, -0.05) is 23.2 Å². The van der Waals surface area contributed by atoms with Crippen molar-refractivity contribution in [3.8, 4) is 11.4 Å². The second kappa shape index (κ2) is 4.72. The number of benzene rings is 1. The molecule has 94 valence electrons. The molecule has 3 nitrogen and oxygen atoms in total. The first kappa shape index (κ1) is 12.3. The van der Waals surface area contributed by atoms with Crippen LogP contribution < -0.4 is 0 Å². The Kier molecular flexibility index (Phi) is 3.05. The fourth-order valence-corrected chi connectivity index (χ4v) is 2.12. The summed E-state index contributed by atoms with van der Waals surface area (Å²) in [4.78, 5) is 12.4. The number of hydrogen-bond acceptors (Lipinski definition) is 3. The smallest absolute Gasteiger partial charge is 0.164 e. The van der Waals surface area contributed by atoms with E-state index < -0.39 is 5.82 Å². The van der Waals surface area contributed by atoms with E-state index >= 15 is 0 Å². The summed E-state index contributed by atoms with van der Waals surface area (Å²) in [6.45, 7) is 0. The topological polar surface area (TPSA) is 38.7 Å². The molecule has 0 amide bonds. The van der Waals surface area contributed by atoms with Gasteiger partial charge in [0.05, 0.1) is 11.1 Å². The molecule has 0 fully saturated rings. The van der Waals surface area contributed by atoms with Crippen LogP contribution in [0.25, 0.3) is 22.4 Å². The number of aromatic nitrogens is 3. The largest absolute Gasteiger partial charge is 0.251 e. The van der Waals surface area contributed by atoms with Gasteiger partial charge in [0, 0.05) is 11.2 Å². The Morgan fingerprint density at radius 2 is 1.89 bits per heavy atom. The van der Waals surface area contributed by atoms with Gasteiger partial charge in [-0.15, -0.1) is 0 Å². The molecule has 0 atom stereocenters. The standard InChI is InChI=1S/C13H6Cl2FN3/c14-7-3-4-9(16)8(6-7)13-18-10-2-1-5-17-11(10)12(15)19-13/h1-6H. The molecular weight excluding hydrogens is 288 g/mol. The number of rotatable bonds is 1. The molecule has 1 aromatic carbocycles. The maximum absolute atomic E-state index is 13.8. The molecule has 3 aromatic rings. The van der Waals surface area contributed by atoms with Gasteiger partial charge in [-0.25, -0.2) is 14.4 Å². The predicted molar refractivity (Wildman–Crippen MR) is 72.7 cm³/mol. The number of fused-ring (bicyclic) bond motifs is 1. The van der Waals surface area contributed by atoms with Gasteiger partial charge < -0.3 is 0 Å². The monoisotopic (exact) mass is 293 g/mol. The van der Waals surface area contributed by atoms with Crippen molar-refractivity contribution in [2.45, 2.75) is 0 Å². The van der Waals surface area contributed by atoms with Gasteiger partial charge in [0.15, 0.2) is 11.0 Å². The Morgan fingerprint density at radius 3 is 2.74 bits per heavy atom. The highest BCUT2D eigenvalue weighted by Crippen LogP contribution is 2.27. The molecule has 2 aromatic heterocycles. The van der Waals surface area contributed by atoms with E-state index in [9.17, 15) is 4.39 Å². The van der Waals surface area contributed by atoms with Gasteiger partial charge in [-0.3, -0.25) is 4.98 Å². The molecule has 0 aliphatic rings. The lowest BCUT2D eigenvalue weighted by Crippen LogP contribution is -1.95. The summed E-state index contributed by atoms with van der Waals surface area (Å²) in [5.74, 6) is -0.269. The Balaban J connectivity index is 2.28. The van der Waals surface area contributed by atoms with E-state index in [-0.39, 0.29) is 16.5 Å². The summed E-state index contributed by atoms with van der Waals surface area (Å²) < 4.78 is 13.8. The molecule has 0 unspecified atom stereocenters. The van der Waals surface area contributed by atoms with E-state index in [2.05, 4.69) is 15.0 Å². The van der Waals surface area contributed by atoms with Crippen LogP contribution in [0.2, 0.25) is 10.2 Å². The zero-order valence-electron chi connectivity index (χ0n) is 9.44. The first-order valence-electron chi connectivity index (χ1n) is 5.39. The van der Waals surface area contributed by atoms with Crippen molar-refractivity contribution in [2.75, 3.05) is 0 Å². The number of pyridine rings is 1. The van der Waals surface area contributed by atoms with Gasteiger partial charge in [0.25, 0.3) is 0 Å². The molecule has 0 aliphatic heterocycles. The molecule has 19 heavy (non-hydrogen) atoms. The van der Waals surface area contributed by atoms with Crippen molar-refractivity contribution in [3.63, 3.8) is 0 Å². The minimum Gasteiger partial charge on any atom is -0.251 e. The fraction of sp³-hybridized carbons (Fsp3) is 0. The molecule has 0 N–H and O–H groups in total. The maximum Gasteiger partial charge on any atom is 0.164 e. The Labute approximate surface area is 118 Å². The lowest BCUT2D eigenvalue weighted by molar-refractivity contribution is 0.630. The average Bonchev–Trinajstić information content (AvgIpc) is 2.41. The van der Waals surface area contributed by atoms with Gasteiger partial charge >= 0.3 is 0 Å². The van der Waals surface area contributed by atoms with Crippen molar-refractivity contribution < 1.29 is 4.39 Å². The zero-order valence-corrected chi connectivity index (χ0v) is 11.0. The SMILES string of the molecule is Fc1ccc(Cl)cc1-c1nc(Cl)c2ncccc2n1. The van der Waals surface area contributed by atoms with E-state index in [1.165, 1.54) is 18.2 Å². The van der Waals surface area contributed by atoms with E-state index in [4.69, 9.17) is 23.2 Å². The Morgan fingerprint density at radius 1 is 1.05 bits per heavy atom. The summed E-state index contributed by atoms with van der Waals surface area (Å²) in [6, 6.07) is 7.66. The third-order valence-corrected chi connectivity index (χ3v) is 3.08. The molecule has 0 spiro atoms. The predicted octanol–water partition coefficient (Wildman–Crippen LogP) is 4.14. The molecule has 6 heteroatoms. The number of nitrogens with zero attached hydrogens (tertiary/aromatic N) is 3. The zero-order chi connectivity index (χ0) is 13.4. The van der Waals surface area contributed by atoms with Crippen molar-refractivity contribution in [1.82, 2.24) is 15.0 Å². The minimum atomic E-state index is -0.455. The lowest BCUT2D eigenvalue weighted by atomic mass is 10.2. The number of halogens is 3. The highest BCUT2D eigenvalue weighted by molar-refractivity contribution is 6.33. The summed E-state index contributed by atoms with van der Waals surface area (Å²) in [7, 11) is 0. The van der Waals surface area contributed by atoms with Crippen molar-refractivity contribution in [3.05, 3.63) is 52.5 Å². The summed E-state index contributed by atoms with van der Waals surface area (Å²) in [5.41, 5.74) is 1.24. The van der Waals surface area contributed by atoms with Gasteiger partial charge in [0.1, 0.15) is 11.3 Å². The van der Waals surface area contributed by atoms with Crippen LogP contribution in [0.1, 0.15) is 0 Å². The summed E-state index contributed by atoms with van der Waals surface area (Å²) in [5, 5.41) is 0.586. The van der Waals surface area contributed by atoms with Crippen LogP contribution in [0, 0.1) is 5.82 Å². The Bertz CT molecular complexity index is 777. The van der Waals surface area contributed by atoms with E-state index in [0.29, 0.717) is 16.1 Å². The highest BCUT2D eigenvalue weighted by atomic mass is 35.5. The van der Waals surface area contributed by atoms with Gasteiger partial charge in [-0.2, -0.15) is 0 Å². The van der Waals surface area contributed by atoms with Crippen LogP contribution in [0.4, 0.5) is 4.39 Å². The first-order chi connectivity index (χ1) is 9.15. The van der Waals surface area contributed by atoms with Crippen LogP contribution in [0.5, 0.6) is 0 Å². The molecule has 0 aliphatic carbocycles. The highest BCUT2D eigenvalue weighted by Gasteiger charge is 2.12. The maximum atomic E-state index is 13.8. The van der Waals surface area contributed by atoms with Crippen LogP contribution in [0.15, 0.2) is 36.5 Å². The molecule has 3 rings (SSSR count). The second-order valence-corrected chi connectivity index (χ2v) is 4.63. The molecular formula is C13H6Cl2FN3. The quantitative estimate of drug-likeness (QED) is 0.633. The molecule has 0 bridgehead atoms. The minimum absolute atomic E-state index is 0.181.